The van der Waals surface area contributed by atoms with E-state index in [1.54, 1.807) is 5.57 Å². The maximum atomic E-state index is 11.4. The molecule has 276 valence electrons. The molecule has 0 amide bonds. The average Bonchev–Trinajstić information content (AvgIpc) is 3.34. The molecule has 0 unspecified atom stereocenters. The van der Waals surface area contributed by atoms with Gasteiger partial charge >= 0.3 is 5.97 Å². The van der Waals surface area contributed by atoms with Crippen LogP contribution in [0, 0.1) is 23.2 Å². The van der Waals surface area contributed by atoms with Crippen molar-refractivity contribution in [3.8, 4) is 0 Å². The van der Waals surface area contributed by atoms with E-state index in [4.69, 9.17) is 15.4 Å². The molecule has 0 aromatic heterocycles. The Bertz CT molecular complexity index is 1120. The van der Waals surface area contributed by atoms with E-state index in [-0.39, 0.29) is 24.0 Å². The summed E-state index contributed by atoms with van der Waals surface area (Å²) in [5.74, 6) is 0.963. The van der Waals surface area contributed by atoms with Gasteiger partial charge in [-0.1, -0.05) is 121 Å². The summed E-state index contributed by atoms with van der Waals surface area (Å²) in [5, 5.41) is 9.35. The molecule has 4 nitrogen and oxygen atoms in total. The number of allylic oxidation sites excluding steroid dienone is 3. The van der Waals surface area contributed by atoms with Gasteiger partial charge in [-0.05, 0) is 113 Å². The predicted molar refractivity (Wildman–Crippen MR) is 211 cm³/mol. The Morgan fingerprint density at radius 2 is 1.38 bits per heavy atom. The molecule has 3 aliphatic carbocycles. The summed E-state index contributed by atoms with van der Waals surface area (Å²) in [6, 6.07) is 0. The lowest BCUT2D eigenvalue weighted by Gasteiger charge is -2.49. The Morgan fingerprint density at radius 3 is 1.88 bits per heavy atom. The van der Waals surface area contributed by atoms with Crippen molar-refractivity contribution in [3.05, 3.63) is 35.5 Å². The van der Waals surface area contributed by atoms with Gasteiger partial charge in [0.2, 0.25) is 16.6 Å². The number of aliphatic carboxylic acids is 1. The largest absolute Gasteiger partial charge is 0.481 e. The fraction of sp³-hybridized carbons (Fsp3) is 0.833. The lowest BCUT2D eigenvalue weighted by molar-refractivity contribution is -0.137. The fourth-order valence-electron chi connectivity index (χ4n) is 11.8. The SMILES string of the molecule is C=C1C(=CC=C2CCC[C@]3(C)[C@@H]([C@H](C)CCC(=O)O)CC[C@@H]23)C[C@@H](O[Si](C(C)C)(C(C)C)C(C)C)C[C@@H]1O[Si](C(C)C)(C(C)C)C(C)C. The van der Waals surface area contributed by atoms with E-state index in [0.717, 1.165) is 19.3 Å². The number of carboxylic acids is 1. The smallest absolute Gasteiger partial charge is 0.303 e. The molecule has 6 heteroatoms. The van der Waals surface area contributed by atoms with Crippen LogP contribution in [0.25, 0.3) is 0 Å². The van der Waals surface area contributed by atoms with E-state index in [1.165, 1.54) is 43.3 Å². The normalized spacial score (nSPS) is 29.8. The summed E-state index contributed by atoms with van der Waals surface area (Å²) in [6.45, 7) is 38.3. The van der Waals surface area contributed by atoms with Crippen molar-refractivity contribution >= 4 is 22.6 Å². The van der Waals surface area contributed by atoms with Gasteiger partial charge in [-0.3, -0.25) is 4.79 Å². The first-order chi connectivity index (χ1) is 22.2. The summed E-state index contributed by atoms with van der Waals surface area (Å²) in [7, 11) is -4.23. The summed E-state index contributed by atoms with van der Waals surface area (Å²) >= 11 is 0. The molecule has 1 N–H and O–H groups in total. The van der Waals surface area contributed by atoms with E-state index in [9.17, 15) is 9.90 Å². The van der Waals surface area contributed by atoms with Crippen LogP contribution in [0.4, 0.5) is 0 Å². The zero-order valence-corrected chi connectivity index (χ0v) is 35.7. The van der Waals surface area contributed by atoms with Gasteiger partial charge in [0, 0.05) is 12.8 Å². The van der Waals surface area contributed by atoms with Crippen LogP contribution in [0.5, 0.6) is 0 Å². The van der Waals surface area contributed by atoms with Crippen molar-refractivity contribution in [1.82, 2.24) is 0 Å². The molecule has 3 aliphatic rings. The maximum absolute atomic E-state index is 11.4. The van der Waals surface area contributed by atoms with Crippen molar-refractivity contribution in [2.75, 3.05) is 0 Å². The quantitative estimate of drug-likeness (QED) is 0.173. The third-order valence-corrected chi connectivity index (χ3v) is 26.2. The van der Waals surface area contributed by atoms with Gasteiger partial charge in [0.1, 0.15) is 0 Å². The zero-order valence-electron chi connectivity index (χ0n) is 33.7. The van der Waals surface area contributed by atoms with Crippen LogP contribution in [0.2, 0.25) is 33.2 Å². The van der Waals surface area contributed by atoms with Crippen molar-refractivity contribution in [2.24, 2.45) is 23.2 Å². The molecular formula is C42H76O4Si2. The number of rotatable bonds is 15. The Hall–Kier alpha value is -0.956. The van der Waals surface area contributed by atoms with Crippen molar-refractivity contribution < 1.29 is 18.8 Å². The molecule has 0 bridgehead atoms. The molecule has 0 heterocycles. The third kappa shape index (κ3) is 8.23. The molecule has 0 spiro atoms. The summed E-state index contributed by atoms with van der Waals surface area (Å²) < 4.78 is 15.1. The second kappa shape index (κ2) is 16.6. The summed E-state index contributed by atoms with van der Waals surface area (Å²) in [4.78, 5) is 11.4. The van der Waals surface area contributed by atoms with Crippen molar-refractivity contribution in [1.29, 1.82) is 0 Å². The minimum atomic E-state index is -2.14. The van der Waals surface area contributed by atoms with Gasteiger partial charge in [0.25, 0.3) is 0 Å². The minimum absolute atomic E-state index is 0.00646. The Balaban J connectivity index is 2.03. The molecule has 48 heavy (non-hydrogen) atoms. The highest BCUT2D eigenvalue weighted by molar-refractivity contribution is 6.78. The van der Waals surface area contributed by atoms with Gasteiger partial charge in [-0.2, -0.15) is 0 Å². The number of carboxylic acid groups (broad SMARTS) is 1. The Kier molecular flexibility index (Phi) is 14.3. The Morgan fingerprint density at radius 1 is 0.854 bits per heavy atom. The van der Waals surface area contributed by atoms with Gasteiger partial charge in [-0.25, -0.2) is 0 Å². The second-order valence-corrected chi connectivity index (χ2v) is 29.2. The molecule has 0 aliphatic heterocycles. The van der Waals surface area contributed by atoms with E-state index in [0.29, 0.717) is 51.0 Å². The highest BCUT2D eigenvalue weighted by Crippen LogP contribution is 2.60. The van der Waals surface area contributed by atoms with Crippen LogP contribution in [-0.4, -0.2) is 39.9 Å². The Labute approximate surface area is 299 Å². The first-order valence-electron chi connectivity index (χ1n) is 19.9. The zero-order chi connectivity index (χ0) is 36.4. The molecule has 0 saturated heterocycles. The molecule has 6 atom stereocenters. The van der Waals surface area contributed by atoms with Crippen molar-refractivity contribution in [2.45, 2.75) is 200 Å². The molecule has 3 fully saturated rings. The van der Waals surface area contributed by atoms with Crippen LogP contribution < -0.4 is 0 Å². The molecule has 3 saturated carbocycles. The molecule has 0 aromatic rings. The lowest BCUT2D eigenvalue weighted by atomic mass is 9.60. The number of hydrogen-bond acceptors (Lipinski definition) is 3. The van der Waals surface area contributed by atoms with E-state index in [2.05, 4.69) is 109 Å². The van der Waals surface area contributed by atoms with Crippen LogP contribution in [0.3, 0.4) is 0 Å². The molecule has 0 radical (unpaired) electrons. The van der Waals surface area contributed by atoms with Crippen LogP contribution >= 0.6 is 0 Å². The first-order valence-corrected chi connectivity index (χ1v) is 24.2. The average molecular weight is 701 g/mol. The molecule has 0 aromatic carbocycles. The predicted octanol–water partition coefficient (Wildman–Crippen LogP) is 13.0. The van der Waals surface area contributed by atoms with Gasteiger partial charge in [0.05, 0.1) is 12.2 Å². The molecular weight excluding hydrogens is 625 g/mol. The standard InChI is InChI=1S/C42H76O4Si2/c1-27(2)47(28(3)4,29(5)6)45-37-25-36(34(14)40(26-37)46-48(30(7)8,31(9)10)32(11)12)20-19-35-17-16-24-42(15)38(21-22-39(35)42)33(13)18-23-41(43)44/h19-20,27-33,37-40H,14,16-18,21-26H2,1-13,15H3,(H,43,44)/t33-,37-,38-,39+,40+,42-/m1/s1. The number of fused-ring (bicyclic) bond motifs is 1. The third-order valence-electron chi connectivity index (χ3n) is 13.9. The number of carbonyl (C=O) groups is 1. The minimum Gasteiger partial charge on any atom is -0.481 e. The van der Waals surface area contributed by atoms with E-state index >= 15 is 0 Å². The fourth-order valence-corrected chi connectivity index (χ4v) is 22.9. The molecule has 3 rings (SSSR count). The van der Waals surface area contributed by atoms with Crippen LogP contribution in [0.15, 0.2) is 35.5 Å². The van der Waals surface area contributed by atoms with Gasteiger partial charge in [0.15, 0.2) is 0 Å². The summed E-state index contributed by atoms with van der Waals surface area (Å²) in [6.07, 6.45) is 14.0. The topological polar surface area (TPSA) is 55.8 Å². The van der Waals surface area contributed by atoms with Crippen LogP contribution in [0.1, 0.15) is 155 Å². The maximum Gasteiger partial charge on any atom is 0.303 e. The van der Waals surface area contributed by atoms with Gasteiger partial charge in [-0.15, -0.1) is 0 Å². The second-order valence-electron chi connectivity index (χ2n) is 18.4. The first kappa shape index (κ1) is 41.5. The highest BCUT2D eigenvalue weighted by atomic mass is 28.4. The lowest BCUT2D eigenvalue weighted by Crippen LogP contribution is -2.54. The van der Waals surface area contributed by atoms with Gasteiger partial charge < -0.3 is 14.0 Å². The van der Waals surface area contributed by atoms with E-state index < -0.39 is 22.6 Å². The summed E-state index contributed by atoms with van der Waals surface area (Å²) in [5.41, 5.74) is 7.55. The number of hydrogen-bond donors (Lipinski definition) is 1. The monoisotopic (exact) mass is 701 g/mol. The van der Waals surface area contributed by atoms with Crippen LogP contribution in [-0.2, 0) is 13.6 Å². The highest BCUT2D eigenvalue weighted by Gasteiger charge is 2.52. The van der Waals surface area contributed by atoms with E-state index in [1.807, 2.05) is 0 Å². The van der Waals surface area contributed by atoms with Crippen molar-refractivity contribution in [3.63, 3.8) is 0 Å².